The monoisotopic (exact) mass is 323 g/mol. The van der Waals surface area contributed by atoms with E-state index in [9.17, 15) is 19.2 Å². The van der Waals surface area contributed by atoms with Crippen LogP contribution in [0.4, 0.5) is 4.79 Å². The zero-order valence-corrected chi connectivity index (χ0v) is 13.4. The van der Waals surface area contributed by atoms with E-state index in [1.165, 1.54) is 18.9 Å². The Morgan fingerprint density at radius 2 is 2.13 bits per heavy atom. The molecule has 0 radical (unpaired) electrons. The van der Waals surface area contributed by atoms with Crippen molar-refractivity contribution in [3.8, 4) is 12.3 Å². The molecule has 0 aliphatic carbocycles. The maximum atomic E-state index is 12.2. The first-order valence-electron chi connectivity index (χ1n) is 7.18. The molecular weight excluding hydrogens is 302 g/mol. The number of hydrogen-bond acceptors (Lipinski definition) is 5. The molecule has 0 saturated carbocycles. The number of amides is 3. The number of carbonyl (C=O) groups excluding carboxylic acids is 4. The van der Waals surface area contributed by atoms with Gasteiger partial charge >= 0.3 is 6.09 Å². The standard InChI is InChI=1S/C15H21N3O5/c1-5-11(7-10(3)19)16-13(20)8-18-9(2)6-12(14(18)21)17-15(22)23-4/h1,9,11-12H,6-8H2,2-4H3,(H,16,20)(H,17,22)/t9-,11-,12+/m1/s1. The van der Waals surface area contributed by atoms with Crippen LogP contribution in [-0.4, -0.2) is 60.4 Å². The highest BCUT2D eigenvalue weighted by Gasteiger charge is 2.39. The van der Waals surface area contributed by atoms with Gasteiger partial charge in [-0.05, 0) is 20.3 Å². The summed E-state index contributed by atoms with van der Waals surface area (Å²) in [6.45, 7) is 2.97. The first-order valence-corrected chi connectivity index (χ1v) is 7.18. The first kappa shape index (κ1) is 18.5. The first-order chi connectivity index (χ1) is 10.8. The Kier molecular flexibility index (Phi) is 6.57. The normalized spacial score (nSPS) is 21.3. The average Bonchev–Trinajstić information content (AvgIpc) is 2.73. The molecule has 0 aromatic rings. The van der Waals surface area contributed by atoms with E-state index in [1.54, 1.807) is 6.92 Å². The quantitative estimate of drug-likeness (QED) is 0.637. The van der Waals surface area contributed by atoms with Crippen LogP contribution in [0.15, 0.2) is 0 Å². The third kappa shape index (κ3) is 5.29. The summed E-state index contributed by atoms with van der Waals surface area (Å²) in [6, 6.07) is -1.63. The van der Waals surface area contributed by atoms with Gasteiger partial charge in [-0.25, -0.2) is 4.79 Å². The van der Waals surface area contributed by atoms with E-state index in [4.69, 9.17) is 6.42 Å². The van der Waals surface area contributed by atoms with Crippen molar-refractivity contribution in [2.45, 2.75) is 44.8 Å². The fourth-order valence-corrected chi connectivity index (χ4v) is 2.38. The number of carbonyl (C=O) groups is 4. The maximum absolute atomic E-state index is 12.2. The van der Waals surface area contributed by atoms with Gasteiger partial charge in [0.05, 0.1) is 19.7 Å². The lowest BCUT2D eigenvalue weighted by Gasteiger charge is -2.22. The van der Waals surface area contributed by atoms with Crippen molar-refractivity contribution in [3.05, 3.63) is 0 Å². The molecule has 3 amide bonds. The summed E-state index contributed by atoms with van der Waals surface area (Å²) in [7, 11) is 1.21. The minimum atomic E-state index is -0.717. The van der Waals surface area contributed by atoms with Crippen LogP contribution < -0.4 is 10.6 Å². The van der Waals surface area contributed by atoms with E-state index in [2.05, 4.69) is 21.3 Å². The van der Waals surface area contributed by atoms with Crippen molar-refractivity contribution < 1.29 is 23.9 Å². The zero-order chi connectivity index (χ0) is 17.6. The second-order valence-electron chi connectivity index (χ2n) is 5.43. The van der Waals surface area contributed by atoms with E-state index in [0.717, 1.165) is 0 Å². The van der Waals surface area contributed by atoms with Crippen LogP contribution >= 0.6 is 0 Å². The lowest BCUT2D eigenvalue weighted by molar-refractivity contribution is -0.135. The minimum Gasteiger partial charge on any atom is -0.453 e. The number of hydrogen-bond donors (Lipinski definition) is 2. The van der Waals surface area contributed by atoms with Gasteiger partial charge in [-0.2, -0.15) is 0 Å². The predicted octanol–water partition coefficient (Wildman–Crippen LogP) is -0.571. The molecule has 126 valence electrons. The van der Waals surface area contributed by atoms with Crippen LogP contribution in [0.3, 0.4) is 0 Å². The molecule has 1 rings (SSSR count). The van der Waals surface area contributed by atoms with E-state index >= 15 is 0 Å². The fourth-order valence-electron chi connectivity index (χ4n) is 2.38. The molecule has 0 aromatic heterocycles. The van der Waals surface area contributed by atoms with E-state index in [1.807, 2.05) is 0 Å². The lowest BCUT2D eigenvalue weighted by Crippen LogP contribution is -2.47. The Bertz CT molecular complexity index is 540. The average molecular weight is 323 g/mol. The molecule has 3 atom stereocenters. The largest absolute Gasteiger partial charge is 0.453 e. The zero-order valence-electron chi connectivity index (χ0n) is 13.4. The molecule has 1 fully saturated rings. The molecule has 2 N–H and O–H groups in total. The van der Waals surface area contributed by atoms with Gasteiger partial charge in [0, 0.05) is 12.5 Å². The second-order valence-corrected chi connectivity index (χ2v) is 5.43. The van der Waals surface area contributed by atoms with Crippen LogP contribution in [-0.2, 0) is 19.1 Å². The third-order valence-electron chi connectivity index (χ3n) is 3.51. The number of alkyl carbamates (subject to hydrolysis) is 1. The van der Waals surface area contributed by atoms with Crippen molar-refractivity contribution in [1.29, 1.82) is 0 Å². The van der Waals surface area contributed by atoms with Crippen molar-refractivity contribution in [2.24, 2.45) is 0 Å². The summed E-state index contributed by atoms with van der Waals surface area (Å²) in [6.07, 6.45) is 4.99. The summed E-state index contributed by atoms with van der Waals surface area (Å²) < 4.78 is 4.46. The van der Waals surface area contributed by atoms with Crippen molar-refractivity contribution >= 4 is 23.7 Å². The smallest absolute Gasteiger partial charge is 0.407 e. The molecule has 23 heavy (non-hydrogen) atoms. The SMILES string of the molecule is C#C[C@H](CC(C)=O)NC(=O)CN1C(=O)[C@@H](NC(=O)OC)C[C@H]1C. The molecule has 1 saturated heterocycles. The van der Waals surface area contributed by atoms with Crippen LogP contribution in [0.25, 0.3) is 0 Å². The molecule has 0 bridgehead atoms. The van der Waals surface area contributed by atoms with Gasteiger partial charge in [0.1, 0.15) is 11.8 Å². The number of terminal acetylenes is 1. The van der Waals surface area contributed by atoms with Crippen molar-refractivity contribution in [1.82, 2.24) is 15.5 Å². The van der Waals surface area contributed by atoms with Crippen molar-refractivity contribution in [3.63, 3.8) is 0 Å². The number of nitrogens with zero attached hydrogens (tertiary/aromatic N) is 1. The molecule has 8 heteroatoms. The Morgan fingerprint density at radius 1 is 1.48 bits per heavy atom. The van der Waals surface area contributed by atoms with Crippen LogP contribution in [0.5, 0.6) is 0 Å². The Hall–Kier alpha value is -2.56. The summed E-state index contributed by atoms with van der Waals surface area (Å²) >= 11 is 0. The summed E-state index contributed by atoms with van der Waals surface area (Å²) in [5, 5.41) is 4.96. The van der Waals surface area contributed by atoms with E-state index < -0.39 is 24.1 Å². The topological polar surface area (TPSA) is 105 Å². The van der Waals surface area contributed by atoms with Crippen LogP contribution in [0, 0.1) is 12.3 Å². The predicted molar refractivity (Wildman–Crippen MR) is 81.2 cm³/mol. The van der Waals surface area contributed by atoms with E-state index in [-0.39, 0.29) is 30.7 Å². The van der Waals surface area contributed by atoms with Gasteiger partial charge in [0.2, 0.25) is 11.8 Å². The van der Waals surface area contributed by atoms with Gasteiger partial charge in [0.25, 0.3) is 0 Å². The van der Waals surface area contributed by atoms with Gasteiger partial charge < -0.3 is 20.3 Å². The molecular formula is C15H21N3O5. The molecule has 0 aromatic carbocycles. The maximum Gasteiger partial charge on any atom is 0.407 e. The van der Waals surface area contributed by atoms with Gasteiger partial charge in [0.15, 0.2) is 0 Å². The summed E-state index contributed by atoms with van der Waals surface area (Å²) in [4.78, 5) is 47.8. The van der Waals surface area contributed by atoms with E-state index in [0.29, 0.717) is 6.42 Å². The van der Waals surface area contributed by atoms with Gasteiger partial charge in [-0.15, -0.1) is 6.42 Å². The highest BCUT2D eigenvalue weighted by Crippen LogP contribution is 2.18. The van der Waals surface area contributed by atoms with Crippen LogP contribution in [0.2, 0.25) is 0 Å². The van der Waals surface area contributed by atoms with Crippen LogP contribution in [0.1, 0.15) is 26.7 Å². The molecule has 0 spiro atoms. The molecule has 1 aliphatic heterocycles. The number of ether oxygens (including phenoxy) is 1. The molecule has 1 heterocycles. The number of nitrogens with one attached hydrogen (secondary N) is 2. The number of rotatable bonds is 6. The summed E-state index contributed by atoms with van der Waals surface area (Å²) in [5.41, 5.74) is 0. The Labute approximate surface area is 134 Å². The third-order valence-corrected chi connectivity index (χ3v) is 3.51. The Balaban J connectivity index is 2.60. The molecule has 8 nitrogen and oxygen atoms in total. The minimum absolute atomic E-state index is 0.0399. The fraction of sp³-hybridized carbons (Fsp3) is 0.600. The number of ketones is 1. The molecule has 1 aliphatic rings. The second kappa shape index (κ2) is 8.17. The summed E-state index contributed by atoms with van der Waals surface area (Å²) in [5.74, 6) is 1.38. The number of Topliss-reactive ketones (excluding diaryl/α,β-unsaturated/α-hetero) is 1. The van der Waals surface area contributed by atoms with Gasteiger partial charge in [-0.3, -0.25) is 14.4 Å². The number of methoxy groups -OCH3 is 1. The molecule has 0 unspecified atom stereocenters. The van der Waals surface area contributed by atoms with Crippen molar-refractivity contribution in [2.75, 3.05) is 13.7 Å². The van der Waals surface area contributed by atoms with Gasteiger partial charge in [-0.1, -0.05) is 5.92 Å². The lowest BCUT2D eigenvalue weighted by atomic mass is 10.1. The number of likely N-dealkylation sites (tertiary alicyclic amines) is 1. The Morgan fingerprint density at radius 3 is 2.65 bits per heavy atom. The highest BCUT2D eigenvalue weighted by atomic mass is 16.5. The highest BCUT2D eigenvalue weighted by molar-refractivity contribution is 5.91.